The molecule has 1 aromatic rings. The average Bonchev–Trinajstić information content (AvgIpc) is 2.37. The lowest BCUT2D eigenvalue weighted by Gasteiger charge is -2.42. The minimum Gasteiger partial charge on any atom is -0.326 e. The highest BCUT2D eigenvalue weighted by Gasteiger charge is 2.31. The van der Waals surface area contributed by atoms with Gasteiger partial charge in [0, 0.05) is 30.5 Å². The summed E-state index contributed by atoms with van der Waals surface area (Å²) >= 11 is 0. The lowest BCUT2D eigenvalue weighted by molar-refractivity contribution is 0.0831. The van der Waals surface area contributed by atoms with Gasteiger partial charge >= 0.3 is 0 Å². The van der Waals surface area contributed by atoms with Gasteiger partial charge in [0.15, 0.2) is 0 Å². The van der Waals surface area contributed by atoms with Gasteiger partial charge in [0.2, 0.25) is 0 Å². The van der Waals surface area contributed by atoms with Crippen LogP contribution in [0.5, 0.6) is 0 Å². The van der Waals surface area contributed by atoms with Gasteiger partial charge in [-0.3, -0.25) is 9.88 Å². The number of nitrogens with zero attached hydrogens (tertiary/aromatic N) is 2. The zero-order valence-electron chi connectivity index (χ0n) is 13.2. The van der Waals surface area contributed by atoms with Crippen LogP contribution in [0.15, 0.2) is 24.5 Å². The maximum Gasteiger partial charge on any atom is 0.0500 e. The van der Waals surface area contributed by atoms with Gasteiger partial charge in [0.25, 0.3) is 0 Å². The highest BCUT2D eigenvalue weighted by Crippen LogP contribution is 2.31. The number of hydrogen-bond acceptors (Lipinski definition) is 3. The SMILES string of the molecule is CCC(N)C(c1ccncc1)N(C)C(C)C(C)(C)C. The quantitative estimate of drug-likeness (QED) is 0.887. The molecule has 3 atom stereocenters. The third kappa shape index (κ3) is 4.02. The molecular weight excluding hydrogens is 234 g/mol. The number of nitrogens with two attached hydrogens (primary N) is 1. The molecule has 3 unspecified atom stereocenters. The first-order valence-corrected chi connectivity index (χ1v) is 7.16. The molecule has 1 heterocycles. The minimum absolute atomic E-state index is 0.136. The van der Waals surface area contributed by atoms with Crippen molar-refractivity contribution < 1.29 is 0 Å². The standard InChI is InChI=1S/C16H29N3/c1-7-14(17)15(13-8-10-18-11-9-13)19(6)12(2)16(3,4)5/h8-12,14-15H,7,17H2,1-6H3. The zero-order valence-corrected chi connectivity index (χ0v) is 13.2. The van der Waals surface area contributed by atoms with Crippen LogP contribution in [0.2, 0.25) is 0 Å². The van der Waals surface area contributed by atoms with Crippen LogP contribution in [0, 0.1) is 5.41 Å². The van der Waals surface area contributed by atoms with Crippen LogP contribution in [-0.4, -0.2) is 29.0 Å². The average molecular weight is 263 g/mol. The Morgan fingerprint density at radius 3 is 2.21 bits per heavy atom. The molecule has 1 aromatic heterocycles. The number of aromatic nitrogens is 1. The summed E-state index contributed by atoms with van der Waals surface area (Å²) in [6.45, 7) is 11.2. The summed E-state index contributed by atoms with van der Waals surface area (Å²) in [6, 6.07) is 4.97. The summed E-state index contributed by atoms with van der Waals surface area (Å²) in [5.74, 6) is 0. The maximum atomic E-state index is 6.37. The van der Waals surface area contributed by atoms with Crippen molar-refractivity contribution in [3.63, 3.8) is 0 Å². The normalized spacial score (nSPS) is 17.3. The van der Waals surface area contributed by atoms with E-state index in [1.807, 2.05) is 12.4 Å². The summed E-state index contributed by atoms with van der Waals surface area (Å²) < 4.78 is 0. The van der Waals surface area contributed by atoms with Crippen LogP contribution in [-0.2, 0) is 0 Å². The molecule has 0 aromatic carbocycles. The second kappa shape index (κ2) is 6.49. The predicted molar refractivity (Wildman–Crippen MR) is 81.9 cm³/mol. The summed E-state index contributed by atoms with van der Waals surface area (Å²) in [5.41, 5.74) is 7.85. The Morgan fingerprint density at radius 2 is 1.79 bits per heavy atom. The Hall–Kier alpha value is -0.930. The van der Waals surface area contributed by atoms with E-state index < -0.39 is 0 Å². The van der Waals surface area contributed by atoms with Crippen LogP contribution < -0.4 is 5.73 Å². The Labute approximate surface area is 118 Å². The molecule has 0 saturated heterocycles. The molecule has 3 nitrogen and oxygen atoms in total. The minimum atomic E-state index is 0.136. The van der Waals surface area contributed by atoms with Crippen LogP contribution >= 0.6 is 0 Å². The van der Waals surface area contributed by atoms with E-state index in [-0.39, 0.29) is 17.5 Å². The van der Waals surface area contributed by atoms with Gasteiger partial charge in [-0.15, -0.1) is 0 Å². The zero-order chi connectivity index (χ0) is 14.6. The molecule has 3 heteroatoms. The van der Waals surface area contributed by atoms with Crippen LogP contribution in [0.3, 0.4) is 0 Å². The fourth-order valence-corrected chi connectivity index (χ4v) is 2.42. The molecule has 0 aliphatic rings. The second-order valence-electron chi connectivity index (χ2n) is 6.50. The predicted octanol–water partition coefficient (Wildman–Crippen LogP) is 3.23. The Kier molecular flexibility index (Phi) is 5.50. The van der Waals surface area contributed by atoms with E-state index in [1.54, 1.807) is 0 Å². The summed E-state index contributed by atoms with van der Waals surface area (Å²) in [7, 11) is 2.18. The van der Waals surface area contributed by atoms with Gasteiger partial charge in [-0.25, -0.2) is 0 Å². The van der Waals surface area contributed by atoms with E-state index in [1.165, 1.54) is 5.56 Å². The molecule has 0 aliphatic carbocycles. The van der Waals surface area contributed by atoms with E-state index >= 15 is 0 Å². The van der Waals surface area contributed by atoms with E-state index in [0.717, 1.165) is 6.42 Å². The Balaban J connectivity index is 3.05. The monoisotopic (exact) mass is 263 g/mol. The summed E-state index contributed by atoms with van der Waals surface area (Å²) in [6.07, 6.45) is 4.66. The maximum absolute atomic E-state index is 6.37. The number of pyridine rings is 1. The molecule has 0 aliphatic heterocycles. The van der Waals surface area contributed by atoms with Crippen molar-refractivity contribution in [2.45, 2.75) is 59.2 Å². The number of rotatable bonds is 5. The van der Waals surface area contributed by atoms with Crippen molar-refractivity contribution >= 4 is 0 Å². The van der Waals surface area contributed by atoms with Gasteiger partial charge in [0.05, 0.1) is 0 Å². The molecule has 0 amide bonds. The smallest absolute Gasteiger partial charge is 0.0500 e. The van der Waals surface area contributed by atoms with Crippen molar-refractivity contribution in [2.75, 3.05) is 7.05 Å². The van der Waals surface area contributed by atoms with Gasteiger partial charge < -0.3 is 5.73 Å². The van der Waals surface area contributed by atoms with Crippen molar-refractivity contribution in [1.82, 2.24) is 9.88 Å². The van der Waals surface area contributed by atoms with E-state index in [4.69, 9.17) is 5.73 Å². The van der Waals surface area contributed by atoms with Gasteiger partial charge in [-0.2, -0.15) is 0 Å². The highest BCUT2D eigenvalue weighted by molar-refractivity contribution is 5.17. The first-order valence-electron chi connectivity index (χ1n) is 7.16. The first-order chi connectivity index (χ1) is 8.79. The van der Waals surface area contributed by atoms with Crippen LogP contribution in [0.25, 0.3) is 0 Å². The summed E-state index contributed by atoms with van der Waals surface area (Å²) in [4.78, 5) is 6.51. The van der Waals surface area contributed by atoms with Crippen molar-refractivity contribution in [1.29, 1.82) is 0 Å². The van der Waals surface area contributed by atoms with E-state index in [9.17, 15) is 0 Å². The molecule has 1 rings (SSSR count). The topological polar surface area (TPSA) is 42.1 Å². The number of hydrogen-bond donors (Lipinski definition) is 1. The number of likely N-dealkylation sites (N-methyl/N-ethyl adjacent to an activating group) is 1. The molecule has 0 radical (unpaired) electrons. The molecule has 19 heavy (non-hydrogen) atoms. The van der Waals surface area contributed by atoms with Crippen LogP contribution in [0.1, 0.15) is 52.6 Å². The lowest BCUT2D eigenvalue weighted by Crippen LogP contribution is -2.47. The van der Waals surface area contributed by atoms with E-state index in [2.05, 4.69) is 63.7 Å². The van der Waals surface area contributed by atoms with Crippen molar-refractivity contribution in [3.8, 4) is 0 Å². The van der Waals surface area contributed by atoms with Gasteiger partial charge in [-0.05, 0) is 43.5 Å². The third-order valence-electron chi connectivity index (χ3n) is 4.23. The third-order valence-corrected chi connectivity index (χ3v) is 4.23. The second-order valence-corrected chi connectivity index (χ2v) is 6.50. The molecule has 0 spiro atoms. The molecule has 0 bridgehead atoms. The summed E-state index contributed by atoms with van der Waals surface area (Å²) in [5, 5.41) is 0. The fraction of sp³-hybridized carbons (Fsp3) is 0.688. The van der Waals surface area contributed by atoms with Gasteiger partial charge in [0.1, 0.15) is 0 Å². The Bertz CT molecular complexity index is 369. The van der Waals surface area contributed by atoms with Crippen LogP contribution in [0.4, 0.5) is 0 Å². The lowest BCUT2D eigenvalue weighted by atomic mass is 9.84. The molecule has 2 N–H and O–H groups in total. The van der Waals surface area contributed by atoms with E-state index in [0.29, 0.717) is 6.04 Å². The largest absolute Gasteiger partial charge is 0.326 e. The molecule has 0 saturated carbocycles. The highest BCUT2D eigenvalue weighted by atomic mass is 15.2. The van der Waals surface area contributed by atoms with Crippen molar-refractivity contribution in [2.24, 2.45) is 11.1 Å². The fourth-order valence-electron chi connectivity index (χ4n) is 2.42. The first kappa shape index (κ1) is 16.1. The Morgan fingerprint density at radius 1 is 1.26 bits per heavy atom. The van der Waals surface area contributed by atoms with Gasteiger partial charge in [-0.1, -0.05) is 27.7 Å². The van der Waals surface area contributed by atoms with Crippen molar-refractivity contribution in [3.05, 3.63) is 30.1 Å². The molecule has 108 valence electrons. The molecule has 0 fully saturated rings. The molecular formula is C16H29N3.